The first-order valence-electron chi connectivity index (χ1n) is 16.8. The number of piperazine rings is 1. The summed E-state index contributed by atoms with van der Waals surface area (Å²) in [5.41, 5.74) is 4.27. The van der Waals surface area contributed by atoms with Crippen LogP contribution in [0.2, 0.25) is 0 Å². The van der Waals surface area contributed by atoms with Crippen LogP contribution in [0.1, 0.15) is 42.1 Å². The topological polar surface area (TPSA) is 110 Å². The monoisotopic (exact) mass is 654 g/mol. The van der Waals surface area contributed by atoms with Crippen molar-refractivity contribution in [3.63, 3.8) is 0 Å². The van der Waals surface area contributed by atoms with Crippen molar-refractivity contribution >= 4 is 28.5 Å². The number of rotatable bonds is 12. The van der Waals surface area contributed by atoms with Crippen LogP contribution in [0.3, 0.4) is 0 Å². The second-order valence-corrected chi connectivity index (χ2v) is 12.5. The van der Waals surface area contributed by atoms with E-state index in [0.29, 0.717) is 35.8 Å². The molecule has 6 rings (SSSR count). The van der Waals surface area contributed by atoms with Crippen LogP contribution in [0.4, 0.5) is 5.69 Å². The molecule has 3 aromatic carbocycles. The summed E-state index contributed by atoms with van der Waals surface area (Å²) in [6.07, 6.45) is 3.15. The highest BCUT2D eigenvalue weighted by Gasteiger charge is 2.33. The number of methoxy groups -OCH3 is 3. The fourth-order valence-electron chi connectivity index (χ4n) is 7.13. The van der Waals surface area contributed by atoms with Crippen LogP contribution in [0.5, 0.6) is 17.2 Å². The van der Waals surface area contributed by atoms with Gasteiger partial charge in [0, 0.05) is 68.5 Å². The first kappa shape index (κ1) is 33.1. The molecule has 11 nitrogen and oxygen atoms in total. The molecule has 0 spiro atoms. The third-order valence-corrected chi connectivity index (χ3v) is 9.69. The average Bonchev–Trinajstić information content (AvgIpc) is 3.78. The Labute approximate surface area is 282 Å². The minimum atomic E-state index is -0.109. The summed E-state index contributed by atoms with van der Waals surface area (Å²) in [5.74, 6) is 2.13. The smallest absolute Gasteiger partial charge is 0.251 e. The van der Waals surface area contributed by atoms with Crippen molar-refractivity contribution in [3.8, 4) is 28.6 Å². The SMILES string of the molecule is CNC(=O)[C@H]1CC[C@@H](n2c(-c3cc(OC)c(OC)c(OC)c3)nc3ccc(C(=O)NCCCN4CCN(c5ccccc5)CC4)cc32)C1. The lowest BCUT2D eigenvalue weighted by atomic mass is 10.1. The van der Waals surface area contributed by atoms with Crippen LogP contribution in [-0.4, -0.2) is 93.9 Å². The molecule has 2 atom stereocenters. The van der Waals surface area contributed by atoms with Crippen molar-refractivity contribution in [2.45, 2.75) is 31.7 Å². The number of nitrogens with zero attached hydrogens (tertiary/aromatic N) is 4. The first-order valence-corrected chi connectivity index (χ1v) is 16.8. The lowest BCUT2D eigenvalue weighted by molar-refractivity contribution is -0.124. The zero-order chi connectivity index (χ0) is 33.6. The molecule has 11 heteroatoms. The molecule has 0 unspecified atom stereocenters. The summed E-state index contributed by atoms with van der Waals surface area (Å²) < 4.78 is 19.0. The Morgan fingerprint density at radius 3 is 2.29 bits per heavy atom. The third kappa shape index (κ3) is 6.92. The van der Waals surface area contributed by atoms with E-state index < -0.39 is 0 Å². The molecule has 1 saturated heterocycles. The van der Waals surface area contributed by atoms with Gasteiger partial charge in [0.05, 0.1) is 32.4 Å². The zero-order valence-corrected chi connectivity index (χ0v) is 28.3. The third-order valence-electron chi connectivity index (χ3n) is 9.69. The van der Waals surface area contributed by atoms with Crippen molar-refractivity contribution < 1.29 is 23.8 Å². The first-order chi connectivity index (χ1) is 23.4. The van der Waals surface area contributed by atoms with E-state index in [9.17, 15) is 9.59 Å². The van der Waals surface area contributed by atoms with Gasteiger partial charge in [-0.1, -0.05) is 18.2 Å². The van der Waals surface area contributed by atoms with Gasteiger partial charge in [-0.2, -0.15) is 0 Å². The van der Waals surface area contributed by atoms with Crippen LogP contribution in [0.25, 0.3) is 22.4 Å². The Morgan fingerprint density at radius 1 is 0.896 bits per heavy atom. The Hall–Kier alpha value is -4.77. The number of carbonyl (C=O) groups is 2. The van der Waals surface area contributed by atoms with Crippen molar-refractivity contribution in [2.24, 2.45) is 5.92 Å². The van der Waals surface area contributed by atoms with Crippen molar-refractivity contribution in [1.29, 1.82) is 0 Å². The minimum absolute atomic E-state index is 0.0204. The molecule has 1 saturated carbocycles. The molecule has 1 aliphatic carbocycles. The molecule has 2 heterocycles. The van der Waals surface area contributed by atoms with E-state index in [0.717, 1.165) is 74.4 Å². The van der Waals surface area contributed by atoms with Gasteiger partial charge in [-0.05, 0) is 74.7 Å². The summed E-state index contributed by atoms with van der Waals surface area (Å²) in [6.45, 7) is 5.59. The summed E-state index contributed by atoms with van der Waals surface area (Å²) in [5, 5.41) is 5.94. The van der Waals surface area contributed by atoms with Gasteiger partial charge >= 0.3 is 0 Å². The molecule has 2 amide bonds. The molecule has 1 aromatic heterocycles. The van der Waals surface area contributed by atoms with Gasteiger partial charge in [-0.3, -0.25) is 14.5 Å². The quantitative estimate of drug-likeness (QED) is 0.211. The van der Waals surface area contributed by atoms with Gasteiger partial charge in [0.1, 0.15) is 5.82 Å². The van der Waals surface area contributed by atoms with Crippen LogP contribution >= 0.6 is 0 Å². The Balaban J connectivity index is 1.19. The van der Waals surface area contributed by atoms with Gasteiger partial charge < -0.3 is 34.3 Å². The average molecular weight is 655 g/mol. The Morgan fingerprint density at radius 2 is 1.62 bits per heavy atom. The fourth-order valence-corrected chi connectivity index (χ4v) is 7.13. The van der Waals surface area contributed by atoms with Crippen molar-refractivity contribution in [2.75, 3.05) is 72.5 Å². The molecule has 2 fully saturated rings. The fraction of sp³-hybridized carbons (Fsp3) is 0.432. The molecule has 0 bridgehead atoms. The summed E-state index contributed by atoms with van der Waals surface area (Å²) in [4.78, 5) is 35.9. The molecular formula is C37H46N6O5. The second kappa shape index (κ2) is 15.0. The number of imidazole rings is 1. The largest absolute Gasteiger partial charge is 0.493 e. The summed E-state index contributed by atoms with van der Waals surface area (Å²) in [7, 11) is 6.44. The van der Waals surface area contributed by atoms with Gasteiger partial charge in [-0.15, -0.1) is 0 Å². The molecular weight excluding hydrogens is 608 g/mol. The van der Waals surface area contributed by atoms with E-state index in [2.05, 4.69) is 55.3 Å². The van der Waals surface area contributed by atoms with E-state index in [4.69, 9.17) is 19.2 Å². The molecule has 2 aliphatic rings. The highest BCUT2D eigenvalue weighted by atomic mass is 16.5. The molecule has 48 heavy (non-hydrogen) atoms. The highest BCUT2D eigenvalue weighted by molar-refractivity contribution is 5.98. The van der Waals surface area contributed by atoms with Crippen molar-refractivity contribution in [3.05, 3.63) is 66.2 Å². The predicted molar refractivity (Wildman–Crippen MR) is 187 cm³/mol. The number of ether oxygens (including phenoxy) is 3. The Kier molecular flexibility index (Phi) is 10.3. The maximum atomic E-state index is 13.4. The molecule has 1 aliphatic heterocycles. The van der Waals surface area contributed by atoms with Crippen molar-refractivity contribution in [1.82, 2.24) is 25.1 Å². The zero-order valence-electron chi connectivity index (χ0n) is 28.3. The van der Waals surface area contributed by atoms with E-state index in [1.165, 1.54) is 5.69 Å². The standard InChI is InChI=1S/C37H46N6O5/c1-38-36(44)25-11-13-29(21-25)43-31-22-26(12-14-30(31)40-35(43)27-23-32(46-2)34(48-4)33(24-27)47-3)37(45)39-15-8-16-41-17-19-42(20-18-41)28-9-6-5-7-10-28/h5-7,9-10,12,14,22-25,29H,8,11,13,15-21H2,1-4H3,(H,38,44)(H,39,45)/t25-,29+/m0/s1. The maximum absolute atomic E-state index is 13.4. The van der Waals surface area contributed by atoms with E-state index in [-0.39, 0.29) is 23.8 Å². The van der Waals surface area contributed by atoms with Gasteiger partial charge in [0.25, 0.3) is 5.91 Å². The van der Waals surface area contributed by atoms with E-state index >= 15 is 0 Å². The van der Waals surface area contributed by atoms with E-state index in [1.54, 1.807) is 28.4 Å². The van der Waals surface area contributed by atoms with Crippen LogP contribution in [-0.2, 0) is 4.79 Å². The highest BCUT2D eigenvalue weighted by Crippen LogP contribution is 2.44. The summed E-state index contributed by atoms with van der Waals surface area (Å²) in [6, 6.07) is 20.0. The number of nitrogens with one attached hydrogen (secondary N) is 2. The number of amides is 2. The minimum Gasteiger partial charge on any atom is -0.493 e. The number of anilines is 1. The van der Waals surface area contributed by atoms with Gasteiger partial charge in [0.15, 0.2) is 11.5 Å². The normalized spacial score (nSPS) is 18.1. The number of carbonyl (C=O) groups excluding carboxylic acids is 2. The molecule has 0 radical (unpaired) electrons. The second-order valence-electron chi connectivity index (χ2n) is 12.5. The van der Waals surface area contributed by atoms with Crippen LogP contribution < -0.4 is 29.7 Å². The number of hydrogen-bond donors (Lipinski definition) is 2. The molecule has 4 aromatic rings. The number of para-hydroxylation sites is 1. The van der Waals surface area contributed by atoms with Gasteiger partial charge in [-0.25, -0.2) is 4.98 Å². The Bertz CT molecular complexity index is 1710. The number of aromatic nitrogens is 2. The molecule has 2 N–H and O–H groups in total. The van der Waals surface area contributed by atoms with Gasteiger partial charge in [0.2, 0.25) is 11.7 Å². The summed E-state index contributed by atoms with van der Waals surface area (Å²) >= 11 is 0. The maximum Gasteiger partial charge on any atom is 0.251 e. The van der Waals surface area contributed by atoms with E-state index in [1.807, 2.05) is 30.3 Å². The lowest BCUT2D eigenvalue weighted by Crippen LogP contribution is -2.47. The number of benzene rings is 3. The van der Waals surface area contributed by atoms with Crippen LogP contribution in [0.15, 0.2) is 60.7 Å². The number of hydrogen-bond acceptors (Lipinski definition) is 8. The number of fused-ring (bicyclic) bond motifs is 1. The lowest BCUT2D eigenvalue weighted by Gasteiger charge is -2.36. The molecule has 254 valence electrons. The van der Waals surface area contributed by atoms with Crippen LogP contribution in [0, 0.1) is 5.92 Å². The predicted octanol–water partition coefficient (Wildman–Crippen LogP) is 4.76.